The summed E-state index contributed by atoms with van der Waals surface area (Å²) in [7, 11) is 0. The summed E-state index contributed by atoms with van der Waals surface area (Å²) in [6.07, 6.45) is 7.67. The van der Waals surface area contributed by atoms with Crippen molar-refractivity contribution in [2.75, 3.05) is 13.2 Å². The van der Waals surface area contributed by atoms with Crippen molar-refractivity contribution in [3.63, 3.8) is 0 Å². The summed E-state index contributed by atoms with van der Waals surface area (Å²) in [5.41, 5.74) is 6.90. The van der Waals surface area contributed by atoms with E-state index in [1.54, 1.807) is 12.3 Å². The Kier molecular flexibility index (Phi) is 5.92. The third kappa shape index (κ3) is 4.25. The molecule has 1 heterocycles. The van der Waals surface area contributed by atoms with E-state index in [1.807, 2.05) is 30.4 Å². The highest BCUT2D eigenvalue weighted by molar-refractivity contribution is 6.42. The smallest absolute Gasteiger partial charge is 0.219 e. The summed E-state index contributed by atoms with van der Waals surface area (Å²) >= 11 is 11.9. The normalized spacial score (nSPS) is 18.9. The zero-order valence-corrected chi connectivity index (χ0v) is 12.5. The van der Waals surface area contributed by atoms with Crippen LogP contribution in [0.4, 0.5) is 0 Å². The first-order valence-electron chi connectivity index (χ1n) is 6.46. The molecule has 3 nitrogen and oxygen atoms in total. The van der Waals surface area contributed by atoms with Crippen LogP contribution in [-0.4, -0.2) is 19.4 Å². The molecule has 0 bridgehead atoms. The van der Waals surface area contributed by atoms with E-state index in [4.69, 9.17) is 38.4 Å². The zero-order valence-electron chi connectivity index (χ0n) is 11.0. The van der Waals surface area contributed by atoms with E-state index in [-0.39, 0.29) is 12.2 Å². The number of halogens is 2. The molecule has 1 aliphatic rings. The van der Waals surface area contributed by atoms with Crippen LogP contribution in [0.2, 0.25) is 10.0 Å². The summed E-state index contributed by atoms with van der Waals surface area (Å²) in [4.78, 5) is 0. The summed E-state index contributed by atoms with van der Waals surface area (Å²) in [6, 6.07) is 5.60. The number of rotatable bonds is 6. The van der Waals surface area contributed by atoms with E-state index >= 15 is 0 Å². The third-order valence-electron chi connectivity index (χ3n) is 3.12. The fraction of sp³-hybridized carbons (Fsp3) is 0.333. The Morgan fingerprint density at radius 1 is 1.25 bits per heavy atom. The Labute approximate surface area is 129 Å². The monoisotopic (exact) mass is 313 g/mol. The molecule has 20 heavy (non-hydrogen) atoms. The molecule has 0 saturated heterocycles. The maximum Gasteiger partial charge on any atom is 0.219 e. The van der Waals surface area contributed by atoms with Crippen molar-refractivity contribution in [2.24, 2.45) is 5.73 Å². The molecule has 0 aliphatic carbocycles. The minimum atomic E-state index is -0.313. The fourth-order valence-electron chi connectivity index (χ4n) is 1.98. The van der Waals surface area contributed by atoms with E-state index in [9.17, 15) is 0 Å². The van der Waals surface area contributed by atoms with Gasteiger partial charge in [-0.2, -0.15) is 0 Å². The number of nitrogens with two attached hydrogens (primary N) is 1. The largest absolute Gasteiger partial charge is 0.469 e. The molecule has 0 radical (unpaired) electrons. The number of hydrogen-bond donors (Lipinski definition) is 1. The number of ether oxygens (including phenoxy) is 2. The predicted octanol–water partition coefficient (Wildman–Crippen LogP) is 3.87. The second kappa shape index (κ2) is 7.70. The van der Waals surface area contributed by atoms with Gasteiger partial charge in [0.05, 0.1) is 22.9 Å². The van der Waals surface area contributed by atoms with Gasteiger partial charge in [-0.25, -0.2) is 0 Å². The molecule has 2 rings (SSSR count). The Hall–Kier alpha value is -1.000. The van der Waals surface area contributed by atoms with E-state index in [0.717, 1.165) is 12.0 Å². The van der Waals surface area contributed by atoms with Gasteiger partial charge < -0.3 is 15.2 Å². The SMILES string of the molecule is NCC(CCOC1C=CC=CO1)c1ccc(Cl)c(Cl)c1. The van der Waals surface area contributed by atoms with Crippen LogP contribution in [0.25, 0.3) is 0 Å². The van der Waals surface area contributed by atoms with Gasteiger partial charge in [-0.1, -0.05) is 35.3 Å². The molecule has 0 aromatic heterocycles. The predicted molar refractivity (Wildman–Crippen MR) is 82.0 cm³/mol. The Morgan fingerprint density at radius 3 is 2.75 bits per heavy atom. The second-order valence-electron chi connectivity index (χ2n) is 4.48. The molecule has 1 aliphatic heterocycles. The molecular weight excluding hydrogens is 297 g/mol. The minimum Gasteiger partial charge on any atom is -0.469 e. The van der Waals surface area contributed by atoms with Crippen LogP contribution in [0.3, 0.4) is 0 Å². The molecule has 0 fully saturated rings. The van der Waals surface area contributed by atoms with Gasteiger partial charge in [0.25, 0.3) is 0 Å². The van der Waals surface area contributed by atoms with E-state index < -0.39 is 0 Å². The lowest BCUT2D eigenvalue weighted by molar-refractivity contribution is -0.0757. The minimum absolute atomic E-state index is 0.188. The van der Waals surface area contributed by atoms with Gasteiger partial charge in [0.15, 0.2) is 0 Å². The molecule has 5 heteroatoms. The Morgan fingerprint density at radius 2 is 2.10 bits per heavy atom. The molecule has 1 aromatic rings. The van der Waals surface area contributed by atoms with Crippen LogP contribution in [0, 0.1) is 0 Å². The van der Waals surface area contributed by atoms with Crippen molar-refractivity contribution in [1.82, 2.24) is 0 Å². The Bertz CT molecular complexity index is 503. The van der Waals surface area contributed by atoms with Gasteiger partial charge in [0.1, 0.15) is 0 Å². The quantitative estimate of drug-likeness (QED) is 0.867. The summed E-state index contributed by atoms with van der Waals surface area (Å²) in [6.45, 7) is 1.09. The highest BCUT2D eigenvalue weighted by Gasteiger charge is 2.13. The molecular formula is C15H17Cl2NO2. The molecule has 108 valence electrons. The molecule has 2 atom stereocenters. The average Bonchev–Trinajstić information content (AvgIpc) is 2.48. The first kappa shape index (κ1) is 15.4. The fourth-order valence-corrected chi connectivity index (χ4v) is 2.28. The van der Waals surface area contributed by atoms with Crippen LogP contribution in [0.15, 0.2) is 42.7 Å². The van der Waals surface area contributed by atoms with E-state index in [2.05, 4.69) is 0 Å². The molecule has 0 saturated carbocycles. The van der Waals surface area contributed by atoms with Crippen LogP contribution in [0.1, 0.15) is 17.9 Å². The molecule has 2 N–H and O–H groups in total. The highest BCUT2D eigenvalue weighted by Crippen LogP contribution is 2.27. The van der Waals surface area contributed by atoms with Gasteiger partial charge in [-0.3, -0.25) is 0 Å². The summed E-state index contributed by atoms with van der Waals surface area (Å²) in [5, 5.41) is 1.10. The lowest BCUT2D eigenvalue weighted by atomic mass is 9.96. The first-order chi connectivity index (χ1) is 9.70. The standard InChI is InChI=1S/C15H17Cl2NO2/c16-13-5-4-11(9-14(13)17)12(10-18)6-8-20-15-3-1-2-7-19-15/h1-5,7,9,12,15H,6,8,10,18H2. The Balaban J connectivity index is 1.87. The highest BCUT2D eigenvalue weighted by atomic mass is 35.5. The second-order valence-corrected chi connectivity index (χ2v) is 5.30. The van der Waals surface area contributed by atoms with E-state index in [1.165, 1.54) is 0 Å². The molecule has 2 unspecified atom stereocenters. The van der Waals surface area contributed by atoms with Crippen molar-refractivity contribution in [3.8, 4) is 0 Å². The summed E-state index contributed by atoms with van der Waals surface area (Å²) in [5.74, 6) is 0.188. The topological polar surface area (TPSA) is 44.5 Å². The lowest BCUT2D eigenvalue weighted by Gasteiger charge is -2.19. The van der Waals surface area contributed by atoms with Crippen LogP contribution in [0.5, 0.6) is 0 Å². The van der Waals surface area contributed by atoms with Crippen molar-refractivity contribution < 1.29 is 9.47 Å². The van der Waals surface area contributed by atoms with Gasteiger partial charge in [0.2, 0.25) is 6.29 Å². The molecule has 1 aromatic carbocycles. The number of hydrogen-bond acceptors (Lipinski definition) is 3. The third-order valence-corrected chi connectivity index (χ3v) is 3.86. The first-order valence-corrected chi connectivity index (χ1v) is 7.21. The maximum absolute atomic E-state index is 6.03. The van der Waals surface area contributed by atoms with Crippen molar-refractivity contribution in [2.45, 2.75) is 18.6 Å². The van der Waals surface area contributed by atoms with E-state index in [0.29, 0.717) is 23.2 Å². The van der Waals surface area contributed by atoms with Gasteiger partial charge in [-0.05, 0) is 48.7 Å². The van der Waals surface area contributed by atoms with Crippen molar-refractivity contribution in [1.29, 1.82) is 0 Å². The van der Waals surface area contributed by atoms with Gasteiger partial charge in [-0.15, -0.1) is 0 Å². The van der Waals surface area contributed by atoms with Gasteiger partial charge in [0, 0.05) is 0 Å². The van der Waals surface area contributed by atoms with Crippen LogP contribution < -0.4 is 5.73 Å². The molecule has 0 spiro atoms. The number of allylic oxidation sites excluding steroid dienone is 2. The number of benzene rings is 1. The van der Waals surface area contributed by atoms with Crippen molar-refractivity contribution >= 4 is 23.2 Å². The zero-order chi connectivity index (χ0) is 14.4. The van der Waals surface area contributed by atoms with Crippen LogP contribution in [-0.2, 0) is 9.47 Å². The lowest BCUT2D eigenvalue weighted by Crippen LogP contribution is -2.18. The average molecular weight is 314 g/mol. The maximum atomic E-state index is 6.03. The molecule has 0 amide bonds. The van der Waals surface area contributed by atoms with Gasteiger partial charge >= 0.3 is 0 Å². The summed E-state index contributed by atoms with van der Waals surface area (Å²) < 4.78 is 10.9. The van der Waals surface area contributed by atoms with Crippen LogP contribution >= 0.6 is 23.2 Å². The van der Waals surface area contributed by atoms with Crippen molar-refractivity contribution in [3.05, 3.63) is 58.3 Å².